The molecule has 0 bridgehead atoms. The van der Waals surface area contributed by atoms with Crippen molar-refractivity contribution in [1.82, 2.24) is 4.57 Å². The van der Waals surface area contributed by atoms with Gasteiger partial charge >= 0.3 is 0 Å². The molecule has 2 aromatic carbocycles. The summed E-state index contributed by atoms with van der Waals surface area (Å²) < 4.78 is 1.73. The van der Waals surface area contributed by atoms with E-state index in [9.17, 15) is 9.59 Å². The molecule has 0 fully saturated rings. The van der Waals surface area contributed by atoms with Crippen LogP contribution in [0.3, 0.4) is 0 Å². The molecule has 134 valence electrons. The Morgan fingerprint density at radius 2 is 1.73 bits per heavy atom. The number of hydrogen-bond donors (Lipinski definition) is 1. The first kappa shape index (κ1) is 17.9. The molecular formula is C22H24N2O2. The molecule has 26 heavy (non-hydrogen) atoms. The molecule has 0 spiro atoms. The minimum absolute atomic E-state index is 0.00810. The topological polar surface area (TPSA) is 51.1 Å². The van der Waals surface area contributed by atoms with Crippen LogP contribution in [0, 0.1) is 12.3 Å². The molecule has 1 aromatic heterocycles. The lowest BCUT2D eigenvalue weighted by molar-refractivity contribution is 0.102. The molecule has 3 rings (SSSR count). The number of carbonyl (C=O) groups is 1. The number of hydrogen-bond acceptors (Lipinski definition) is 2. The summed E-state index contributed by atoms with van der Waals surface area (Å²) in [6.45, 7) is 8.85. The molecule has 4 nitrogen and oxygen atoms in total. The number of carbonyl (C=O) groups excluding carboxylic acids is 1. The van der Waals surface area contributed by atoms with Gasteiger partial charge in [0.1, 0.15) is 0 Å². The molecule has 0 aliphatic carbocycles. The van der Waals surface area contributed by atoms with Gasteiger partial charge in [0.2, 0.25) is 0 Å². The van der Waals surface area contributed by atoms with E-state index in [-0.39, 0.29) is 16.9 Å². The van der Waals surface area contributed by atoms with Gasteiger partial charge in [-0.3, -0.25) is 9.59 Å². The predicted octanol–water partition coefficient (Wildman–Crippen LogP) is 4.61. The average Bonchev–Trinajstić information content (AvgIpc) is 2.57. The lowest BCUT2D eigenvalue weighted by atomic mass is 9.96. The minimum Gasteiger partial charge on any atom is -0.321 e. The maximum atomic E-state index is 12.8. The number of pyridine rings is 1. The largest absolute Gasteiger partial charge is 0.321 e. The molecule has 0 aliphatic heterocycles. The number of amides is 1. The Labute approximate surface area is 153 Å². The lowest BCUT2D eigenvalue weighted by Gasteiger charge is -2.20. The molecule has 0 saturated carbocycles. The van der Waals surface area contributed by atoms with Crippen molar-refractivity contribution in [3.05, 3.63) is 76.2 Å². The summed E-state index contributed by atoms with van der Waals surface area (Å²) in [4.78, 5) is 25.4. The van der Waals surface area contributed by atoms with Crippen LogP contribution in [-0.2, 0) is 6.54 Å². The van der Waals surface area contributed by atoms with Crippen molar-refractivity contribution in [2.45, 2.75) is 34.2 Å². The van der Waals surface area contributed by atoms with Crippen molar-refractivity contribution >= 4 is 22.4 Å². The third-order valence-corrected chi connectivity index (χ3v) is 4.30. The summed E-state index contributed by atoms with van der Waals surface area (Å²) in [5.41, 5.74) is 2.16. The van der Waals surface area contributed by atoms with Crippen LogP contribution in [0.5, 0.6) is 0 Å². The van der Waals surface area contributed by atoms with Crippen molar-refractivity contribution in [2.24, 2.45) is 5.41 Å². The van der Waals surface area contributed by atoms with E-state index in [0.717, 1.165) is 10.9 Å². The highest BCUT2D eigenvalue weighted by Crippen LogP contribution is 2.23. The summed E-state index contributed by atoms with van der Waals surface area (Å²) in [7, 11) is 0. The Balaban J connectivity index is 2.00. The first-order chi connectivity index (χ1) is 12.3. The van der Waals surface area contributed by atoms with Gasteiger partial charge in [0.05, 0.1) is 0 Å². The first-order valence-electron chi connectivity index (χ1n) is 8.75. The SMILES string of the molecule is Cc1ccccc1C(=O)Nc1cccc2c(=O)n(CC(C)(C)C)ccc12. The Kier molecular flexibility index (Phi) is 4.68. The lowest BCUT2D eigenvalue weighted by Crippen LogP contribution is -2.26. The van der Waals surface area contributed by atoms with E-state index >= 15 is 0 Å². The van der Waals surface area contributed by atoms with Crippen LogP contribution in [0.2, 0.25) is 0 Å². The van der Waals surface area contributed by atoms with Crippen molar-refractivity contribution in [3.63, 3.8) is 0 Å². The van der Waals surface area contributed by atoms with Crippen molar-refractivity contribution in [1.29, 1.82) is 0 Å². The monoisotopic (exact) mass is 348 g/mol. The number of benzene rings is 2. The van der Waals surface area contributed by atoms with Crippen LogP contribution in [-0.4, -0.2) is 10.5 Å². The minimum atomic E-state index is -0.172. The fourth-order valence-corrected chi connectivity index (χ4v) is 3.08. The molecule has 1 N–H and O–H groups in total. The van der Waals surface area contributed by atoms with Crippen LogP contribution < -0.4 is 10.9 Å². The fraction of sp³-hybridized carbons (Fsp3) is 0.273. The summed E-state index contributed by atoms with van der Waals surface area (Å²) >= 11 is 0. The zero-order chi connectivity index (χ0) is 18.9. The second kappa shape index (κ2) is 6.79. The quantitative estimate of drug-likeness (QED) is 0.751. The van der Waals surface area contributed by atoms with Crippen LogP contribution >= 0.6 is 0 Å². The van der Waals surface area contributed by atoms with Gasteiger partial charge in [-0.15, -0.1) is 0 Å². The summed E-state index contributed by atoms with van der Waals surface area (Å²) in [6, 6.07) is 14.8. The highest BCUT2D eigenvalue weighted by Gasteiger charge is 2.15. The summed E-state index contributed by atoms with van der Waals surface area (Å²) in [5.74, 6) is -0.172. The Hall–Kier alpha value is -2.88. The van der Waals surface area contributed by atoms with Crippen LogP contribution in [0.1, 0.15) is 36.7 Å². The third-order valence-electron chi connectivity index (χ3n) is 4.30. The molecule has 4 heteroatoms. The molecule has 0 unspecified atom stereocenters. The highest BCUT2D eigenvalue weighted by molar-refractivity contribution is 6.09. The second-order valence-electron chi connectivity index (χ2n) is 7.85. The van der Waals surface area contributed by atoms with Gasteiger partial charge in [-0.05, 0) is 42.2 Å². The van der Waals surface area contributed by atoms with Crippen molar-refractivity contribution < 1.29 is 4.79 Å². The van der Waals surface area contributed by atoms with E-state index < -0.39 is 0 Å². The maximum Gasteiger partial charge on any atom is 0.258 e. The summed E-state index contributed by atoms with van der Waals surface area (Å²) in [5, 5.41) is 4.31. The molecular weight excluding hydrogens is 324 g/mol. The van der Waals surface area contributed by atoms with Crippen molar-refractivity contribution in [2.75, 3.05) is 5.32 Å². The first-order valence-corrected chi connectivity index (χ1v) is 8.75. The van der Waals surface area contributed by atoms with Gasteiger partial charge in [-0.1, -0.05) is 45.0 Å². The number of rotatable bonds is 3. The molecule has 0 atom stereocenters. The van der Waals surface area contributed by atoms with E-state index in [1.165, 1.54) is 0 Å². The normalized spacial score (nSPS) is 11.5. The molecule has 0 aliphatic rings. The number of nitrogens with one attached hydrogen (secondary N) is 1. The number of nitrogens with zero attached hydrogens (tertiary/aromatic N) is 1. The highest BCUT2D eigenvalue weighted by atomic mass is 16.1. The van der Waals surface area contributed by atoms with Gasteiger partial charge in [0.25, 0.3) is 11.5 Å². The van der Waals surface area contributed by atoms with Crippen LogP contribution in [0.4, 0.5) is 5.69 Å². The van der Waals surface area contributed by atoms with Gasteiger partial charge in [0.15, 0.2) is 0 Å². The summed E-state index contributed by atoms with van der Waals surface area (Å²) in [6.07, 6.45) is 1.80. The molecule has 3 aromatic rings. The predicted molar refractivity (Wildman–Crippen MR) is 107 cm³/mol. The number of fused-ring (bicyclic) bond motifs is 1. The smallest absolute Gasteiger partial charge is 0.258 e. The van der Waals surface area contributed by atoms with E-state index in [1.54, 1.807) is 29.0 Å². The van der Waals surface area contributed by atoms with Gasteiger partial charge in [0, 0.05) is 34.8 Å². The molecule has 1 heterocycles. The van der Waals surface area contributed by atoms with E-state index in [1.807, 2.05) is 37.3 Å². The number of aryl methyl sites for hydroxylation is 1. The van der Waals surface area contributed by atoms with E-state index in [0.29, 0.717) is 23.2 Å². The number of aromatic nitrogens is 1. The second-order valence-corrected chi connectivity index (χ2v) is 7.85. The van der Waals surface area contributed by atoms with Crippen molar-refractivity contribution in [3.8, 4) is 0 Å². The van der Waals surface area contributed by atoms with Gasteiger partial charge in [-0.25, -0.2) is 0 Å². The van der Waals surface area contributed by atoms with Gasteiger partial charge < -0.3 is 9.88 Å². The van der Waals surface area contributed by atoms with Crippen LogP contribution in [0.15, 0.2) is 59.5 Å². The van der Waals surface area contributed by atoms with Crippen LogP contribution in [0.25, 0.3) is 10.8 Å². The van der Waals surface area contributed by atoms with E-state index in [4.69, 9.17) is 0 Å². The number of anilines is 1. The Morgan fingerprint density at radius 1 is 1.00 bits per heavy atom. The average molecular weight is 348 g/mol. The molecule has 1 amide bonds. The molecule has 0 saturated heterocycles. The third kappa shape index (κ3) is 3.69. The fourth-order valence-electron chi connectivity index (χ4n) is 3.08. The van der Waals surface area contributed by atoms with Gasteiger partial charge in [-0.2, -0.15) is 0 Å². The zero-order valence-corrected chi connectivity index (χ0v) is 15.7. The molecule has 0 radical (unpaired) electrons. The maximum absolute atomic E-state index is 12.8. The van der Waals surface area contributed by atoms with E-state index in [2.05, 4.69) is 26.1 Å². The Morgan fingerprint density at radius 3 is 2.42 bits per heavy atom. The Bertz CT molecular complexity index is 1030. The zero-order valence-electron chi connectivity index (χ0n) is 15.7. The standard InChI is InChI=1S/C22H24N2O2/c1-15-8-5-6-9-16(15)20(25)23-19-11-7-10-18-17(19)12-13-24(21(18)26)14-22(2,3)4/h5-13H,14H2,1-4H3,(H,23,25).